The normalized spacial score (nSPS) is 16.0. The minimum atomic E-state index is -0.234. The highest BCUT2D eigenvalue weighted by Gasteiger charge is 2.33. The van der Waals surface area contributed by atoms with Gasteiger partial charge in [0.05, 0.1) is 17.7 Å². The van der Waals surface area contributed by atoms with Gasteiger partial charge in [-0.3, -0.25) is 9.69 Å². The molecule has 0 bridgehead atoms. The van der Waals surface area contributed by atoms with Crippen molar-refractivity contribution in [2.24, 2.45) is 0 Å². The fraction of sp³-hybridized carbons (Fsp3) is 0.0588. The number of hydrogen-bond acceptors (Lipinski definition) is 6. The quantitative estimate of drug-likeness (QED) is 0.646. The second-order valence-corrected chi connectivity index (χ2v) is 6.64. The summed E-state index contributed by atoms with van der Waals surface area (Å²) in [5.41, 5.74) is 1.32. The number of amides is 1. The molecule has 1 saturated heterocycles. The summed E-state index contributed by atoms with van der Waals surface area (Å²) in [5, 5.41) is 19.0. The van der Waals surface area contributed by atoms with E-state index in [1.54, 1.807) is 30.3 Å². The summed E-state index contributed by atoms with van der Waals surface area (Å²) in [6.07, 6.45) is 1.70. The summed E-state index contributed by atoms with van der Waals surface area (Å²) < 4.78 is 5.49. The van der Waals surface area contributed by atoms with Crippen molar-refractivity contribution >= 4 is 46.0 Å². The van der Waals surface area contributed by atoms with Crippen molar-refractivity contribution in [1.29, 1.82) is 0 Å². The lowest BCUT2D eigenvalue weighted by molar-refractivity contribution is -0.113. The Hall–Kier alpha value is -2.51. The number of methoxy groups -OCH3 is 1. The summed E-state index contributed by atoms with van der Waals surface area (Å²) in [5.74, 6) is 0.253. The number of anilines is 1. The van der Waals surface area contributed by atoms with Crippen LogP contribution in [0.2, 0.25) is 0 Å². The van der Waals surface area contributed by atoms with E-state index in [2.05, 4.69) is 0 Å². The van der Waals surface area contributed by atoms with Crippen molar-refractivity contribution in [3.05, 3.63) is 52.9 Å². The molecule has 2 N–H and O–H groups in total. The third kappa shape index (κ3) is 3.08. The summed E-state index contributed by atoms with van der Waals surface area (Å²) in [6, 6.07) is 11.1. The molecule has 1 amide bonds. The van der Waals surface area contributed by atoms with Gasteiger partial charge in [0.2, 0.25) is 0 Å². The second-order valence-electron chi connectivity index (χ2n) is 4.96. The Bertz CT molecular complexity index is 846. The van der Waals surface area contributed by atoms with E-state index in [1.165, 1.54) is 42.0 Å². The lowest BCUT2D eigenvalue weighted by Gasteiger charge is -2.14. The Morgan fingerprint density at radius 2 is 1.88 bits per heavy atom. The van der Waals surface area contributed by atoms with Crippen molar-refractivity contribution in [3.8, 4) is 17.2 Å². The molecular weight excluding hydrogens is 346 g/mol. The van der Waals surface area contributed by atoms with Crippen LogP contribution < -0.4 is 9.64 Å². The number of thiocarbonyl (C=S) groups is 1. The van der Waals surface area contributed by atoms with Crippen LogP contribution in [0.4, 0.5) is 5.69 Å². The van der Waals surface area contributed by atoms with E-state index in [4.69, 9.17) is 17.0 Å². The van der Waals surface area contributed by atoms with Gasteiger partial charge in [-0.1, -0.05) is 30.0 Å². The lowest BCUT2D eigenvalue weighted by Crippen LogP contribution is -2.27. The highest BCUT2D eigenvalue weighted by atomic mass is 32.2. The molecule has 1 heterocycles. The maximum Gasteiger partial charge on any atom is 0.270 e. The van der Waals surface area contributed by atoms with Crippen LogP contribution in [-0.4, -0.2) is 27.6 Å². The molecule has 3 rings (SSSR count). The van der Waals surface area contributed by atoms with Crippen LogP contribution in [0.3, 0.4) is 0 Å². The SMILES string of the molecule is COc1cc(C=C2SC(=S)N(c3ccc(O)cc3)C2=O)ccc1O. The van der Waals surface area contributed by atoms with E-state index in [9.17, 15) is 15.0 Å². The molecule has 0 spiro atoms. The van der Waals surface area contributed by atoms with E-state index in [0.717, 1.165) is 5.56 Å². The van der Waals surface area contributed by atoms with Gasteiger partial charge in [-0.05, 0) is 48.0 Å². The van der Waals surface area contributed by atoms with Gasteiger partial charge in [-0.2, -0.15) is 0 Å². The number of nitrogens with zero attached hydrogens (tertiary/aromatic N) is 1. The summed E-state index contributed by atoms with van der Waals surface area (Å²) in [7, 11) is 1.46. The Balaban J connectivity index is 1.92. The van der Waals surface area contributed by atoms with Crippen LogP contribution in [0, 0.1) is 0 Å². The number of hydrogen-bond donors (Lipinski definition) is 2. The van der Waals surface area contributed by atoms with Gasteiger partial charge >= 0.3 is 0 Å². The van der Waals surface area contributed by atoms with Crippen LogP contribution >= 0.6 is 24.0 Å². The Morgan fingerprint density at radius 3 is 2.54 bits per heavy atom. The molecule has 1 aliphatic heterocycles. The summed E-state index contributed by atoms with van der Waals surface area (Å²) >= 11 is 6.49. The van der Waals surface area contributed by atoms with Gasteiger partial charge in [0, 0.05) is 0 Å². The first-order valence-electron chi connectivity index (χ1n) is 6.93. The maximum absolute atomic E-state index is 12.6. The Labute approximate surface area is 148 Å². The standard InChI is InChI=1S/C17H13NO4S2/c1-22-14-8-10(2-7-13(14)20)9-15-16(21)18(17(23)24-15)11-3-5-12(19)6-4-11/h2-9,19-20H,1H3. The Morgan fingerprint density at radius 1 is 1.17 bits per heavy atom. The van der Waals surface area contributed by atoms with Crippen LogP contribution in [0.1, 0.15) is 5.56 Å². The number of phenols is 2. The fourth-order valence-corrected chi connectivity index (χ4v) is 3.53. The van der Waals surface area contributed by atoms with Crippen LogP contribution in [0.15, 0.2) is 47.4 Å². The van der Waals surface area contributed by atoms with E-state index >= 15 is 0 Å². The molecule has 0 unspecified atom stereocenters. The zero-order valence-corrected chi connectivity index (χ0v) is 14.2. The maximum atomic E-state index is 12.6. The molecule has 7 heteroatoms. The van der Waals surface area contributed by atoms with Crippen molar-refractivity contribution in [2.45, 2.75) is 0 Å². The van der Waals surface area contributed by atoms with Crippen molar-refractivity contribution < 1.29 is 19.7 Å². The third-order valence-corrected chi connectivity index (χ3v) is 4.71. The molecule has 0 aliphatic carbocycles. The van der Waals surface area contributed by atoms with Crippen molar-refractivity contribution in [1.82, 2.24) is 0 Å². The largest absolute Gasteiger partial charge is 0.508 e. The first kappa shape index (κ1) is 16.4. The number of phenolic OH excluding ortho intramolecular Hbond substituents is 2. The zero-order valence-electron chi connectivity index (χ0n) is 12.6. The zero-order chi connectivity index (χ0) is 17.3. The number of carbonyl (C=O) groups is 1. The molecular formula is C17H13NO4S2. The van der Waals surface area contributed by atoms with Gasteiger partial charge in [0.15, 0.2) is 15.8 Å². The predicted octanol–water partition coefficient (Wildman–Crippen LogP) is 3.51. The Kier molecular flexibility index (Phi) is 4.46. The topological polar surface area (TPSA) is 70.0 Å². The molecule has 2 aromatic rings. The van der Waals surface area contributed by atoms with Gasteiger partial charge < -0.3 is 14.9 Å². The van der Waals surface area contributed by atoms with Gasteiger partial charge in [0.1, 0.15) is 5.75 Å². The van der Waals surface area contributed by atoms with Gasteiger partial charge in [-0.25, -0.2) is 0 Å². The monoisotopic (exact) mass is 359 g/mol. The van der Waals surface area contributed by atoms with Crippen molar-refractivity contribution in [3.63, 3.8) is 0 Å². The van der Waals surface area contributed by atoms with E-state index in [-0.39, 0.29) is 17.4 Å². The van der Waals surface area contributed by atoms with Gasteiger partial charge in [0.25, 0.3) is 5.91 Å². The average Bonchev–Trinajstić information content (AvgIpc) is 2.84. The summed E-state index contributed by atoms with van der Waals surface area (Å²) in [6.45, 7) is 0. The lowest BCUT2D eigenvalue weighted by atomic mass is 10.2. The number of ether oxygens (including phenoxy) is 1. The van der Waals surface area contributed by atoms with Gasteiger partial charge in [-0.15, -0.1) is 0 Å². The molecule has 122 valence electrons. The van der Waals surface area contributed by atoms with E-state index < -0.39 is 0 Å². The number of aromatic hydroxyl groups is 2. The molecule has 0 atom stereocenters. The van der Waals surface area contributed by atoms with Crippen molar-refractivity contribution in [2.75, 3.05) is 12.0 Å². The van der Waals surface area contributed by atoms with E-state index in [0.29, 0.717) is 20.7 Å². The molecule has 0 saturated carbocycles. The highest BCUT2D eigenvalue weighted by Crippen LogP contribution is 2.37. The van der Waals surface area contributed by atoms with Crippen LogP contribution in [0.5, 0.6) is 17.2 Å². The smallest absolute Gasteiger partial charge is 0.270 e. The second kappa shape index (κ2) is 6.54. The minimum Gasteiger partial charge on any atom is -0.508 e. The number of carbonyl (C=O) groups excluding carboxylic acids is 1. The fourth-order valence-electron chi connectivity index (χ4n) is 2.23. The molecule has 1 aliphatic rings. The first-order valence-corrected chi connectivity index (χ1v) is 8.16. The summed E-state index contributed by atoms with van der Waals surface area (Å²) in [4.78, 5) is 14.5. The van der Waals surface area contributed by atoms with E-state index in [1.807, 2.05) is 0 Å². The number of benzene rings is 2. The minimum absolute atomic E-state index is 0.0336. The van der Waals surface area contributed by atoms with Crippen LogP contribution in [-0.2, 0) is 4.79 Å². The number of rotatable bonds is 3. The average molecular weight is 359 g/mol. The predicted molar refractivity (Wildman–Crippen MR) is 98.4 cm³/mol. The third-order valence-electron chi connectivity index (χ3n) is 3.40. The molecule has 24 heavy (non-hydrogen) atoms. The highest BCUT2D eigenvalue weighted by molar-refractivity contribution is 8.27. The molecule has 0 aromatic heterocycles. The molecule has 5 nitrogen and oxygen atoms in total. The first-order chi connectivity index (χ1) is 11.5. The van der Waals surface area contributed by atoms with Crippen LogP contribution in [0.25, 0.3) is 6.08 Å². The molecule has 1 fully saturated rings. The molecule has 2 aromatic carbocycles. The number of thioether (sulfide) groups is 1. The molecule has 0 radical (unpaired) electrons.